The Morgan fingerprint density at radius 3 is 2.77 bits per heavy atom. The van der Waals surface area contributed by atoms with Gasteiger partial charge in [-0.05, 0) is 41.5 Å². The van der Waals surface area contributed by atoms with Crippen LogP contribution in [0, 0.1) is 0 Å². The number of fused-ring (bicyclic) bond motifs is 1. The minimum absolute atomic E-state index is 0.0745. The average molecular weight is 347 g/mol. The van der Waals surface area contributed by atoms with Crippen molar-refractivity contribution in [1.82, 2.24) is 4.98 Å². The molecule has 0 atom stereocenters. The summed E-state index contributed by atoms with van der Waals surface area (Å²) in [6.07, 6.45) is 4.79. The summed E-state index contributed by atoms with van der Waals surface area (Å²) in [5.41, 5.74) is 2.88. The lowest BCUT2D eigenvalue weighted by Crippen LogP contribution is -2.04. The Morgan fingerprint density at radius 2 is 1.92 bits per heavy atom. The van der Waals surface area contributed by atoms with Gasteiger partial charge in [-0.1, -0.05) is 30.3 Å². The molecule has 2 aromatic carbocycles. The van der Waals surface area contributed by atoms with E-state index in [1.54, 1.807) is 36.5 Å². The molecule has 0 amide bonds. The lowest BCUT2D eigenvalue weighted by molar-refractivity contribution is -0.138. The van der Waals surface area contributed by atoms with Crippen molar-refractivity contribution in [2.75, 3.05) is 7.11 Å². The molecule has 0 bridgehead atoms. The molecule has 5 heteroatoms. The molecule has 26 heavy (non-hydrogen) atoms. The third-order valence-electron chi connectivity index (χ3n) is 3.81. The average Bonchev–Trinajstić information content (AvgIpc) is 2.70. The van der Waals surface area contributed by atoms with Crippen LogP contribution in [0.5, 0.6) is 0 Å². The van der Waals surface area contributed by atoms with Crippen molar-refractivity contribution in [3.8, 4) is 0 Å². The number of benzene rings is 2. The van der Waals surface area contributed by atoms with Crippen LogP contribution < -0.4 is 0 Å². The van der Waals surface area contributed by atoms with Crippen molar-refractivity contribution >= 4 is 28.9 Å². The molecule has 130 valence electrons. The number of carbonyl (C=O) groups excluding carboxylic acids is 2. The summed E-state index contributed by atoms with van der Waals surface area (Å²) in [4.78, 5) is 27.8. The van der Waals surface area contributed by atoms with E-state index in [1.807, 2.05) is 30.3 Å². The van der Waals surface area contributed by atoms with E-state index < -0.39 is 11.9 Å². The quantitative estimate of drug-likeness (QED) is 0.519. The topological polar surface area (TPSA) is 65.5 Å². The van der Waals surface area contributed by atoms with Crippen LogP contribution in [-0.4, -0.2) is 24.0 Å². The van der Waals surface area contributed by atoms with Gasteiger partial charge in [-0.25, -0.2) is 9.59 Å². The number of aromatic nitrogens is 1. The summed E-state index contributed by atoms with van der Waals surface area (Å²) < 4.78 is 9.91. The maximum absolute atomic E-state index is 12.0. The number of rotatable bonds is 5. The van der Waals surface area contributed by atoms with E-state index in [4.69, 9.17) is 4.74 Å². The summed E-state index contributed by atoms with van der Waals surface area (Å²) in [6, 6.07) is 16.3. The predicted octanol–water partition coefficient (Wildman–Crippen LogP) is 3.78. The molecule has 1 aromatic heterocycles. The van der Waals surface area contributed by atoms with Gasteiger partial charge < -0.3 is 9.47 Å². The summed E-state index contributed by atoms with van der Waals surface area (Å²) in [5.74, 6) is -0.892. The fourth-order valence-corrected chi connectivity index (χ4v) is 2.53. The molecule has 0 fully saturated rings. The molecule has 0 N–H and O–H groups in total. The third kappa shape index (κ3) is 4.13. The molecule has 0 saturated heterocycles. The normalized spacial score (nSPS) is 10.8. The first-order valence-electron chi connectivity index (χ1n) is 8.03. The van der Waals surface area contributed by atoms with Crippen molar-refractivity contribution in [3.63, 3.8) is 0 Å². The zero-order chi connectivity index (χ0) is 18.4. The Labute approximate surface area is 150 Å². The van der Waals surface area contributed by atoms with Crippen LogP contribution >= 0.6 is 0 Å². The van der Waals surface area contributed by atoms with Gasteiger partial charge in [0.25, 0.3) is 0 Å². The Bertz CT molecular complexity index is 973. The number of esters is 2. The zero-order valence-electron chi connectivity index (χ0n) is 14.2. The molecule has 0 aliphatic rings. The standard InChI is InChI=1S/C21H17NO4/c1-25-21(24)17-6-4-5-15(13-17)14-26-20(23)10-9-16-11-12-22-19-8-3-2-7-18(16)19/h2-13H,14H2,1H3/b10-9+. The predicted molar refractivity (Wildman–Crippen MR) is 98.4 cm³/mol. The Kier molecular flexibility index (Phi) is 5.39. The fraction of sp³-hybridized carbons (Fsp3) is 0.0952. The fourth-order valence-electron chi connectivity index (χ4n) is 2.53. The highest BCUT2D eigenvalue weighted by Crippen LogP contribution is 2.17. The van der Waals surface area contributed by atoms with Crippen LogP contribution in [0.4, 0.5) is 0 Å². The Hall–Kier alpha value is -3.47. The molecule has 3 aromatic rings. The second kappa shape index (κ2) is 8.07. The van der Waals surface area contributed by atoms with E-state index >= 15 is 0 Å². The van der Waals surface area contributed by atoms with Gasteiger partial charge in [0, 0.05) is 17.7 Å². The van der Waals surface area contributed by atoms with Gasteiger partial charge in [0.1, 0.15) is 6.61 Å². The summed E-state index contributed by atoms with van der Waals surface area (Å²) in [6.45, 7) is 0.0745. The van der Waals surface area contributed by atoms with Crippen LogP contribution in [0.3, 0.4) is 0 Å². The number of nitrogens with zero attached hydrogens (tertiary/aromatic N) is 1. The first-order chi connectivity index (χ1) is 12.7. The minimum atomic E-state index is -0.464. The SMILES string of the molecule is COC(=O)c1cccc(COC(=O)/C=C/c2ccnc3ccccc23)c1. The number of pyridine rings is 1. The van der Waals surface area contributed by atoms with Gasteiger partial charge >= 0.3 is 11.9 Å². The van der Waals surface area contributed by atoms with E-state index in [2.05, 4.69) is 9.72 Å². The zero-order valence-corrected chi connectivity index (χ0v) is 14.2. The van der Waals surface area contributed by atoms with Gasteiger partial charge in [0.2, 0.25) is 0 Å². The molecule has 3 rings (SSSR count). The van der Waals surface area contributed by atoms with E-state index in [-0.39, 0.29) is 6.61 Å². The van der Waals surface area contributed by atoms with E-state index in [0.29, 0.717) is 11.1 Å². The largest absolute Gasteiger partial charge is 0.465 e. The molecule has 1 heterocycles. The maximum atomic E-state index is 12.0. The third-order valence-corrected chi connectivity index (χ3v) is 3.81. The minimum Gasteiger partial charge on any atom is -0.465 e. The molecule has 0 saturated carbocycles. The van der Waals surface area contributed by atoms with Crippen LogP contribution in [0.1, 0.15) is 21.5 Å². The number of hydrogen-bond donors (Lipinski definition) is 0. The van der Waals surface area contributed by atoms with E-state index in [0.717, 1.165) is 16.5 Å². The van der Waals surface area contributed by atoms with Crippen molar-refractivity contribution in [2.24, 2.45) is 0 Å². The first-order valence-corrected chi connectivity index (χ1v) is 8.03. The summed E-state index contributed by atoms with van der Waals surface area (Å²) in [5, 5.41) is 0.963. The van der Waals surface area contributed by atoms with Gasteiger partial charge in [-0.3, -0.25) is 4.98 Å². The highest BCUT2D eigenvalue weighted by atomic mass is 16.5. The second-order valence-electron chi connectivity index (χ2n) is 5.55. The lowest BCUT2D eigenvalue weighted by atomic mass is 10.1. The van der Waals surface area contributed by atoms with E-state index in [1.165, 1.54) is 13.2 Å². The van der Waals surface area contributed by atoms with Crippen molar-refractivity contribution in [3.05, 3.63) is 83.6 Å². The lowest BCUT2D eigenvalue weighted by Gasteiger charge is -2.05. The number of para-hydroxylation sites is 1. The van der Waals surface area contributed by atoms with Crippen LogP contribution in [0.2, 0.25) is 0 Å². The molecule has 0 aliphatic carbocycles. The number of hydrogen-bond acceptors (Lipinski definition) is 5. The Balaban J connectivity index is 1.66. The Morgan fingerprint density at radius 1 is 1.08 bits per heavy atom. The highest BCUT2D eigenvalue weighted by Gasteiger charge is 2.07. The van der Waals surface area contributed by atoms with Gasteiger partial charge in [-0.15, -0.1) is 0 Å². The van der Waals surface area contributed by atoms with Crippen LogP contribution in [0.25, 0.3) is 17.0 Å². The second-order valence-corrected chi connectivity index (χ2v) is 5.55. The van der Waals surface area contributed by atoms with Crippen LogP contribution in [-0.2, 0) is 20.9 Å². The van der Waals surface area contributed by atoms with Crippen molar-refractivity contribution < 1.29 is 19.1 Å². The monoisotopic (exact) mass is 347 g/mol. The molecule has 5 nitrogen and oxygen atoms in total. The smallest absolute Gasteiger partial charge is 0.337 e. The first kappa shape index (κ1) is 17.4. The summed E-state index contributed by atoms with van der Waals surface area (Å²) in [7, 11) is 1.32. The summed E-state index contributed by atoms with van der Waals surface area (Å²) >= 11 is 0. The molecule has 0 aliphatic heterocycles. The van der Waals surface area contributed by atoms with Crippen molar-refractivity contribution in [2.45, 2.75) is 6.61 Å². The maximum Gasteiger partial charge on any atom is 0.337 e. The molecular formula is C21H17NO4. The van der Waals surface area contributed by atoms with Gasteiger partial charge in [0.05, 0.1) is 18.2 Å². The molecule has 0 unspecified atom stereocenters. The number of methoxy groups -OCH3 is 1. The number of ether oxygens (including phenoxy) is 2. The molecule has 0 radical (unpaired) electrons. The highest BCUT2D eigenvalue weighted by molar-refractivity contribution is 5.93. The molecular weight excluding hydrogens is 330 g/mol. The van der Waals surface area contributed by atoms with Crippen molar-refractivity contribution in [1.29, 1.82) is 0 Å². The number of carbonyl (C=O) groups is 2. The molecule has 0 spiro atoms. The van der Waals surface area contributed by atoms with Gasteiger partial charge in [-0.2, -0.15) is 0 Å². The van der Waals surface area contributed by atoms with E-state index in [9.17, 15) is 9.59 Å². The van der Waals surface area contributed by atoms with Gasteiger partial charge in [0.15, 0.2) is 0 Å². The van der Waals surface area contributed by atoms with Crippen LogP contribution in [0.15, 0.2) is 66.9 Å².